The lowest BCUT2D eigenvalue weighted by atomic mass is 10.0. The molecule has 0 bridgehead atoms. The Balaban J connectivity index is 4.41. The van der Waals surface area contributed by atoms with E-state index in [9.17, 15) is 14.4 Å². The number of allylic oxidation sites excluding steroid dienone is 20. The molecule has 6 heteroatoms. The van der Waals surface area contributed by atoms with Gasteiger partial charge in [-0.2, -0.15) is 0 Å². The maximum absolute atomic E-state index is 13.0. The topological polar surface area (TPSA) is 78.9 Å². The Kier molecular flexibility index (Phi) is 66.7. The molecule has 0 amide bonds. The molecule has 0 saturated carbocycles. The van der Waals surface area contributed by atoms with Crippen LogP contribution in [0.3, 0.4) is 0 Å². The van der Waals surface area contributed by atoms with Crippen molar-refractivity contribution in [3.05, 3.63) is 122 Å². The first kappa shape index (κ1) is 78.8. The van der Waals surface area contributed by atoms with E-state index in [1.54, 1.807) is 0 Å². The molecule has 0 aromatic rings. The van der Waals surface area contributed by atoms with E-state index in [1.165, 1.54) is 161 Å². The maximum Gasteiger partial charge on any atom is 0.306 e. The average molecular weight is 1150 g/mol. The zero-order valence-corrected chi connectivity index (χ0v) is 54.4. The molecule has 0 aliphatic heterocycles. The first-order chi connectivity index (χ1) is 41.0. The third kappa shape index (κ3) is 68.5. The highest BCUT2D eigenvalue weighted by Crippen LogP contribution is 2.17. The Morgan fingerprint density at radius 2 is 0.470 bits per heavy atom. The SMILES string of the molecule is CC/C=C\C/C=C\C/C=C\C/C=C\C/C=C\C/C=C\C/C=C\C/C=C\CCCCCCC(=O)OCC(COC(=O)CCCCCCCCCCCCCCCCCCC)OC(=O)CCCCCCCCCCC/C=C\C/C=C\CCCCC. The number of hydrogen-bond acceptors (Lipinski definition) is 6. The molecule has 0 N–H and O–H groups in total. The Morgan fingerprint density at radius 1 is 0.253 bits per heavy atom. The normalized spacial score (nSPS) is 12.9. The highest BCUT2D eigenvalue weighted by molar-refractivity contribution is 5.71. The average Bonchev–Trinajstić information content (AvgIpc) is 3.49. The van der Waals surface area contributed by atoms with Gasteiger partial charge in [0.1, 0.15) is 13.2 Å². The fourth-order valence-electron chi connectivity index (χ4n) is 9.73. The zero-order valence-electron chi connectivity index (χ0n) is 54.4. The standard InChI is InChI=1S/C77H130O6/c1-4-7-10-13-16-19-22-25-28-31-33-34-35-36-37-38-39-40-41-42-44-46-49-52-55-58-61-64-67-70-76(79)82-73-74(72-81-75(78)69-66-63-60-57-54-51-48-45-30-27-24-21-18-15-12-9-6-3)83-77(80)71-68-65-62-59-56-53-50-47-43-32-29-26-23-20-17-14-11-8-5-2/h7,10,16-17,19-20,25-26,28-29,33-34,36-37,39-40,42,44,49,52,74H,4-6,8-9,11-15,18,21-24,27,30-32,35,38,41,43,45-48,50-51,53-73H2,1-3H3/b10-7-,19-16-,20-17-,28-25-,29-26-,34-33-,37-36-,40-39-,44-42-,52-49-. The number of unbranched alkanes of at least 4 members (excludes halogenated alkanes) is 32. The van der Waals surface area contributed by atoms with Gasteiger partial charge >= 0.3 is 17.9 Å². The molecule has 0 rings (SSSR count). The van der Waals surface area contributed by atoms with Gasteiger partial charge in [-0.3, -0.25) is 14.4 Å². The lowest BCUT2D eigenvalue weighted by Crippen LogP contribution is -2.30. The molecule has 0 spiro atoms. The molecule has 0 fully saturated rings. The van der Waals surface area contributed by atoms with E-state index in [1.807, 2.05) is 0 Å². The summed E-state index contributed by atoms with van der Waals surface area (Å²) < 4.78 is 17.0. The van der Waals surface area contributed by atoms with Gasteiger partial charge in [0.05, 0.1) is 0 Å². The summed E-state index contributed by atoms with van der Waals surface area (Å²) >= 11 is 0. The highest BCUT2D eigenvalue weighted by atomic mass is 16.6. The van der Waals surface area contributed by atoms with Crippen LogP contribution in [0.4, 0.5) is 0 Å². The quantitative estimate of drug-likeness (QED) is 0.0261. The summed E-state index contributed by atoms with van der Waals surface area (Å²) in [4.78, 5) is 38.5. The monoisotopic (exact) mass is 1150 g/mol. The molecule has 0 radical (unpaired) electrons. The second-order valence-electron chi connectivity index (χ2n) is 23.1. The molecular formula is C77H130O6. The molecule has 0 aliphatic carbocycles. The van der Waals surface area contributed by atoms with Crippen molar-refractivity contribution in [2.75, 3.05) is 13.2 Å². The van der Waals surface area contributed by atoms with E-state index < -0.39 is 6.10 Å². The highest BCUT2D eigenvalue weighted by Gasteiger charge is 2.19. The van der Waals surface area contributed by atoms with Crippen molar-refractivity contribution in [3.8, 4) is 0 Å². The summed E-state index contributed by atoms with van der Waals surface area (Å²) in [5.41, 5.74) is 0. The number of esters is 3. The van der Waals surface area contributed by atoms with Gasteiger partial charge in [0.25, 0.3) is 0 Å². The van der Waals surface area contributed by atoms with E-state index in [0.717, 1.165) is 128 Å². The van der Waals surface area contributed by atoms with Gasteiger partial charge in [-0.05, 0) is 116 Å². The number of rotatable bonds is 63. The van der Waals surface area contributed by atoms with Crippen LogP contribution in [0.15, 0.2) is 122 Å². The molecule has 0 aromatic carbocycles. The molecule has 0 aliphatic rings. The molecule has 6 nitrogen and oxygen atoms in total. The predicted octanol–water partition coefficient (Wildman–Crippen LogP) is 24.3. The van der Waals surface area contributed by atoms with Gasteiger partial charge in [-0.1, -0.05) is 316 Å². The van der Waals surface area contributed by atoms with Crippen molar-refractivity contribution in [1.29, 1.82) is 0 Å². The third-order valence-corrected chi connectivity index (χ3v) is 15.0. The molecule has 1 unspecified atom stereocenters. The van der Waals surface area contributed by atoms with E-state index >= 15 is 0 Å². The van der Waals surface area contributed by atoms with Gasteiger partial charge in [0, 0.05) is 19.3 Å². The van der Waals surface area contributed by atoms with Crippen molar-refractivity contribution in [1.82, 2.24) is 0 Å². The summed E-state index contributed by atoms with van der Waals surface area (Å²) in [6.45, 7) is 6.51. The molecule has 0 aromatic heterocycles. The minimum Gasteiger partial charge on any atom is -0.462 e. The van der Waals surface area contributed by atoms with Gasteiger partial charge < -0.3 is 14.2 Å². The smallest absolute Gasteiger partial charge is 0.306 e. The number of carbonyl (C=O) groups excluding carboxylic acids is 3. The van der Waals surface area contributed by atoms with Crippen LogP contribution in [0.1, 0.15) is 329 Å². The summed E-state index contributed by atoms with van der Waals surface area (Å²) in [6, 6.07) is 0. The Bertz CT molecular complexity index is 1700. The second-order valence-corrected chi connectivity index (χ2v) is 23.1. The van der Waals surface area contributed by atoms with E-state index in [0.29, 0.717) is 19.3 Å². The zero-order chi connectivity index (χ0) is 59.9. The first-order valence-corrected chi connectivity index (χ1v) is 35.0. The van der Waals surface area contributed by atoms with Crippen LogP contribution < -0.4 is 0 Å². The molecule has 0 saturated heterocycles. The van der Waals surface area contributed by atoms with Gasteiger partial charge in [-0.15, -0.1) is 0 Å². The van der Waals surface area contributed by atoms with Crippen LogP contribution in [-0.4, -0.2) is 37.2 Å². The minimum absolute atomic E-state index is 0.0869. The fraction of sp³-hybridized carbons (Fsp3) is 0.701. The molecule has 1 atom stereocenters. The van der Waals surface area contributed by atoms with Crippen LogP contribution >= 0.6 is 0 Å². The van der Waals surface area contributed by atoms with Gasteiger partial charge in [0.15, 0.2) is 6.10 Å². The molecule has 474 valence electrons. The summed E-state index contributed by atoms with van der Waals surface area (Å²) in [6.07, 6.45) is 97.8. The maximum atomic E-state index is 13.0. The van der Waals surface area contributed by atoms with Crippen LogP contribution in [0.2, 0.25) is 0 Å². The minimum atomic E-state index is -0.795. The first-order valence-electron chi connectivity index (χ1n) is 35.0. The Morgan fingerprint density at radius 3 is 0.759 bits per heavy atom. The van der Waals surface area contributed by atoms with E-state index in [-0.39, 0.29) is 31.1 Å². The molecular weight excluding hydrogens is 1020 g/mol. The van der Waals surface area contributed by atoms with Crippen molar-refractivity contribution in [3.63, 3.8) is 0 Å². The summed E-state index contributed by atoms with van der Waals surface area (Å²) in [5.74, 6) is -0.905. The lowest BCUT2D eigenvalue weighted by molar-refractivity contribution is -0.167. The lowest BCUT2D eigenvalue weighted by Gasteiger charge is -2.18. The third-order valence-electron chi connectivity index (χ3n) is 15.0. The van der Waals surface area contributed by atoms with E-state index in [4.69, 9.17) is 14.2 Å². The van der Waals surface area contributed by atoms with Gasteiger partial charge in [-0.25, -0.2) is 0 Å². The van der Waals surface area contributed by atoms with Crippen molar-refractivity contribution in [2.24, 2.45) is 0 Å². The van der Waals surface area contributed by atoms with Crippen molar-refractivity contribution < 1.29 is 28.6 Å². The summed E-state index contributed by atoms with van der Waals surface area (Å²) in [5, 5.41) is 0. The summed E-state index contributed by atoms with van der Waals surface area (Å²) in [7, 11) is 0. The number of carbonyl (C=O) groups is 3. The van der Waals surface area contributed by atoms with Crippen LogP contribution in [0.25, 0.3) is 0 Å². The van der Waals surface area contributed by atoms with Crippen LogP contribution in [0, 0.1) is 0 Å². The van der Waals surface area contributed by atoms with Crippen molar-refractivity contribution in [2.45, 2.75) is 335 Å². The van der Waals surface area contributed by atoms with Gasteiger partial charge in [0.2, 0.25) is 0 Å². The number of ether oxygens (including phenoxy) is 3. The largest absolute Gasteiger partial charge is 0.462 e. The Hall–Kier alpha value is -4.19. The predicted molar refractivity (Wildman–Crippen MR) is 362 cm³/mol. The van der Waals surface area contributed by atoms with E-state index in [2.05, 4.69) is 142 Å². The number of hydrogen-bond donors (Lipinski definition) is 0. The molecule has 0 heterocycles. The van der Waals surface area contributed by atoms with Crippen LogP contribution in [0.5, 0.6) is 0 Å². The second kappa shape index (κ2) is 70.3. The van der Waals surface area contributed by atoms with Crippen LogP contribution in [-0.2, 0) is 28.6 Å². The molecule has 83 heavy (non-hydrogen) atoms. The Labute approximate surface area is 513 Å². The fourth-order valence-corrected chi connectivity index (χ4v) is 9.73. The van der Waals surface area contributed by atoms with Crippen molar-refractivity contribution >= 4 is 17.9 Å².